The molecule has 6 heteroatoms. The van der Waals surface area contributed by atoms with Crippen molar-refractivity contribution < 1.29 is 4.79 Å². The van der Waals surface area contributed by atoms with Crippen LogP contribution in [0.5, 0.6) is 0 Å². The van der Waals surface area contributed by atoms with Crippen molar-refractivity contribution in [2.45, 2.75) is 13.8 Å². The molecule has 0 unspecified atom stereocenters. The Hall–Kier alpha value is -1.33. The van der Waals surface area contributed by atoms with Gasteiger partial charge in [0.25, 0.3) is 5.91 Å². The zero-order valence-corrected chi connectivity index (χ0v) is 12.4. The Balaban J connectivity index is 2.62. The minimum absolute atomic E-state index is 0.170. The minimum Gasteiger partial charge on any atom is -0.370 e. The number of anilines is 1. The topological polar surface area (TPSA) is 57.3 Å². The number of amides is 1. The van der Waals surface area contributed by atoms with E-state index in [0.29, 0.717) is 22.9 Å². The van der Waals surface area contributed by atoms with Crippen LogP contribution in [0.4, 0.5) is 5.82 Å². The van der Waals surface area contributed by atoms with E-state index in [0.717, 1.165) is 19.6 Å². The van der Waals surface area contributed by atoms with E-state index >= 15 is 0 Å². The lowest BCUT2D eigenvalue weighted by Gasteiger charge is -2.14. The van der Waals surface area contributed by atoms with Gasteiger partial charge in [0.1, 0.15) is 5.82 Å². The summed E-state index contributed by atoms with van der Waals surface area (Å²) in [7, 11) is 2.01. The third-order valence-electron chi connectivity index (χ3n) is 2.78. The normalized spacial score (nSPS) is 10.6. The third kappa shape index (κ3) is 5.04. The summed E-state index contributed by atoms with van der Waals surface area (Å²) in [6, 6.07) is 1.67. The van der Waals surface area contributed by atoms with Crippen molar-refractivity contribution in [3.8, 4) is 0 Å². The number of rotatable bonds is 7. The van der Waals surface area contributed by atoms with Gasteiger partial charge in [0.2, 0.25) is 0 Å². The molecule has 0 saturated heterocycles. The average molecular weight is 285 g/mol. The second-order valence-corrected chi connectivity index (χ2v) is 4.64. The predicted molar refractivity (Wildman–Crippen MR) is 78.9 cm³/mol. The van der Waals surface area contributed by atoms with E-state index in [2.05, 4.69) is 27.4 Å². The SMILES string of the molecule is CCNc1cc(C(=O)NCCN(C)CC)c(Cl)cn1. The Kier molecular flexibility index (Phi) is 6.59. The second kappa shape index (κ2) is 7.96. The largest absolute Gasteiger partial charge is 0.370 e. The highest BCUT2D eigenvalue weighted by atomic mass is 35.5. The monoisotopic (exact) mass is 284 g/mol. The molecule has 1 amide bonds. The Labute approximate surface area is 119 Å². The fourth-order valence-electron chi connectivity index (χ4n) is 1.50. The van der Waals surface area contributed by atoms with Crippen molar-refractivity contribution in [2.75, 3.05) is 38.5 Å². The fourth-order valence-corrected chi connectivity index (χ4v) is 1.69. The Bertz CT molecular complexity index is 425. The molecule has 0 fully saturated rings. The summed E-state index contributed by atoms with van der Waals surface area (Å²) in [4.78, 5) is 18.2. The van der Waals surface area contributed by atoms with Gasteiger partial charge in [0.15, 0.2) is 0 Å². The molecular formula is C13H21ClN4O. The molecule has 1 rings (SSSR count). The number of hydrogen-bond acceptors (Lipinski definition) is 4. The number of pyridine rings is 1. The summed E-state index contributed by atoms with van der Waals surface area (Å²) < 4.78 is 0. The molecule has 0 saturated carbocycles. The number of hydrogen-bond donors (Lipinski definition) is 2. The maximum Gasteiger partial charge on any atom is 0.253 e. The zero-order chi connectivity index (χ0) is 14.3. The highest BCUT2D eigenvalue weighted by Gasteiger charge is 2.11. The molecular weight excluding hydrogens is 264 g/mol. The minimum atomic E-state index is -0.170. The maximum atomic E-state index is 12.0. The van der Waals surface area contributed by atoms with E-state index < -0.39 is 0 Å². The van der Waals surface area contributed by atoms with Crippen LogP contribution in [0.25, 0.3) is 0 Å². The molecule has 0 radical (unpaired) electrons. The molecule has 106 valence electrons. The molecule has 1 heterocycles. The molecule has 5 nitrogen and oxygen atoms in total. The molecule has 0 atom stereocenters. The Morgan fingerprint density at radius 1 is 1.47 bits per heavy atom. The van der Waals surface area contributed by atoms with Crippen LogP contribution in [-0.2, 0) is 0 Å². The van der Waals surface area contributed by atoms with E-state index in [1.165, 1.54) is 6.20 Å². The van der Waals surface area contributed by atoms with Crippen molar-refractivity contribution in [1.82, 2.24) is 15.2 Å². The van der Waals surface area contributed by atoms with Gasteiger partial charge >= 0.3 is 0 Å². The zero-order valence-electron chi connectivity index (χ0n) is 11.7. The van der Waals surface area contributed by atoms with Crippen LogP contribution in [0, 0.1) is 0 Å². The van der Waals surface area contributed by atoms with Gasteiger partial charge in [-0.1, -0.05) is 18.5 Å². The van der Waals surface area contributed by atoms with Gasteiger partial charge in [-0.3, -0.25) is 4.79 Å². The summed E-state index contributed by atoms with van der Waals surface area (Å²) in [5.74, 6) is 0.485. The number of nitrogens with zero attached hydrogens (tertiary/aromatic N) is 2. The summed E-state index contributed by atoms with van der Waals surface area (Å²) in [6.07, 6.45) is 1.49. The van der Waals surface area contributed by atoms with Gasteiger partial charge in [0.05, 0.1) is 10.6 Å². The molecule has 19 heavy (non-hydrogen) atoms. The van der Waals surface area contributed by atoms with Crippen molar-refractivity contribution >= 4 is 23.3 Å². The van der Waals surface area contributed by atoms with Crippen LogP contribution in [-0.4, -0.2) is 49.0 Å². The van der Waals surface area contributed by atoms with Gasteiger partial charge in [-0.15, -0.1) is 0 Å². The average Bonchev–Trinajstić information content (AvgIpc) is 2.40. The lowest BCUT2D eigenvalue weighted by molar-refractivity contribution is 0.0950. The molecule has 0 aliphatic heterocycles. The molecule has 1 aromatic rings. The number of halogens is 1. The quantitative estimate of drug-likeness (QED) is 0.802. The molecule has 1 aromatic heterocycles. The summed E-state index contributed by atoms with van der Waals surface area (Å²) in [6.45, 7) is 7.15. The first kappa shape index (κ1) is 15.7. The van der Waals surface area contributed by atoms with Crippen molar-refractivity contribution in [3.63, 3.8) is 0 Å². The summed E-state index contributed by atoms with van der Waals surface area (Å²) in [5, 5.41) is 6.27. The maximum absolute atomic E-state index is 12.0. The number of carbonyl (C=O) groups is 1. The Morgan fingerprint density at radius 3 is 2.84 bits per heavy atom. The molecule has 0 spiro atoms. The van der Waals surface area contributed by atoms with Gasteiger partial charge in [0, 0.05) is 25.8 Å². The van der Waals surface area contributed by atoms with Crippen LogP contribution in [0.2, 0.25) is 5.02 Å². The van der Waals surface area contributed by atoms with Crippen LogP contribution in [0.3, 0.4) is 0 Å². The highest BCUT2D eigenvalue weighted by Crippen LogP contribution is 2.17. The smallest absolute Gasteiger partial charge is 0.253 e. The van der Waals surface area contributed by atoms with Gasteiger partial charge in [-0.2, -0.15) is 0 Å². The molecule has 2 N–H and O–H groups in total. The van der Waals surface area contributed by atoms with Gasteiger partial charge in [-0.05, 0) is 26.6 Å². The lowest BCUT2D eigenvalue weighted by atomic mass is 10.2. The summed E-state index contributed by atoms with van der Waals surface area (Å²) in [5.41, 5.74) is 0.451. The first-order chi connectivity index (χ1) is 9.08. The molecule has 0 aromatic carbocycles. The van der Waals surface area contributed by atoms with Crippen LogP contribution < -0.4 is 10.6 Å². The first-order valence-electron chi connectivity index (χ1n) is 6.44. The van der Waals surface area contributed by atoms with Crippen LogP contribution in [0.15, 0.2) is 12.3 Å². The molecule has 0 aliphatic rings. The van der Waals surface area contributed by atoms with E-state index in [9.17, 15) is 4.79 Å². The molecule has 0 bridgehead atoms. The standard InChI is InChI=1S/C13H21ClN4O/c1-4-15-12-8-10(11(14)9-17-12)13(19)16-6-7-18(3)5-2/h8-9H,4-7H2,1-3H3,(H,15,17)(H,16,19). The highest BCUT2D eigenvalue weighted by molar-refractivity contribution is 6.33. The van der Waals surface area contributed by atoms with E-state index in [4.69, 9.17) is 11.6 Å². The summed E-state index contributed by atoms with van der Waals surface area (Å²) >= 11 is 6.00. The van der Waals surface area contributed by atoms with Crippen LogP contribution in [0.1, 0.15) is 24.2 Å². The second-order valence-electron chi connectivity index (χ2n) is 4.23. The first-order valence-corrected chi connectivity index (χ1v) is 6.82. The predicted octanol–water partition coefficient (Wildman–Crippen LogP) is 1.85. The van der Waals surface area contributed by atoms with Crippen molar-refractivity contribution in [2.24, 2.45) is 0 Å². The van der Waals surface area contributed by atoms with Gasteiger partial charge < -0.3 is 15.5 Å². The fraction of sp³-hybridized carbons (Fsp3) is 0.538. The van der Waals surface area contributed by atoms with Gasteiger partial charge in [-0.25, -0.2) is 4.98 Å². The number of likely N-dealkylation sites (N-methyl/N-ethyl adjacent to an activating group) is 1. The number of nitrogens with one attached hydrogen (secondary N) is 2. The van der Waals surface area contributed by atoms with E-state index in [-0.39, 0.29) is 5.91 Å². The number of aromatic nitrogens is 1. The van der Waals surface area contributed by atoms with E-state index in [1.807, 2.05) is 14.0 Å². The van der Waals surface area contributed by atoms with Crippen molar-refractivity contribution in [1.29, 1.82) is 0 Å². The Morgan fingerprint density at radius 2 is 2.21 bits per heavy atom. The lowest BCUT2D eigenvalue weighted by Crippen LogP contribution is -2.33. The van der Waals surface area contributed by atoms with Crippen LogP contribution >= 0.6 is 11.6 Å². The number of carbonyl (C=O) groups excluding carboxylic acids is 1. The van der Waals surface area contributed by atoms with Crippen molar-refractivity contribution in [3.05, 3.63) is 22.8 Å². The third-order valence-corrected chi connectivity index (χ3v) is 3.08. The molecule has 0 aliphatic carbocycles. The van der Waals surface area contributed by atoms with E-state index in [1.54, 1.807) is 6.07 Å².